The molecule has 0 N–H and O–H groups in total. The Morgan fingerprint density at radius 3 is 2.25 bits per heavy atom. The van der Waals surface area contributed by atoms with Gasteiger partial charge in [0.15, 0.2) is 6.73 Å². The van der Waals surface area contributed by atoms with Crippen LogP contribution in [-0.4, -0.2) is 29.4 Å². The second-order valence-electron chi connectivity index (χ2n) is 4.24. The van der Waals surface area contributed by atoms with Gasteiger partial charge in [0.1, 0.15) is 0 Å². The number of carbonyl (C=O) groups is 3. The normalized spacial score (nSPS) is 15.8. The molecule has 0 aromatic rings. The molecule has 0 bridgehead atoms. The van der Waals surface area contributed by atoms with Gasteiger partial charge in [0.05, 0.1) is 5.41 Å². The number of rotatable bonds is 4. The van der Waals surface area contributed by atoms with Crippen molar-refractivity contribution in [2.45, 2.75) is 27.2 Å². The Kier molecular flexibility index (Phi) is 3.47. The van der Waals surface area contributed by atoms with Gasteiger partial charge in [-0.05, 0) is 20.3 Å². The summed E-state index contributed by atoms with van der Waals surface area (Å²) >= 11 is 0. The number of imide groups is 1. The summed E-state index contributed by atoms with van der Waals surface area (Å²) in [5.41, 5.74) is -0.598. The second-order valence-corrected chi connectivity index (χ2v) is 4.24. The number of hydrogen-bond acceptors (Lipinski definition) is 4. The summed E-state index contributed by atoms with van der Waals surface area (Å²) in [5, 5.41) is 0. The fourth-order valence-electron chi connectivity index (χ4n) is 1.02. The summed E-state index contributed by atoms with van der Waals surface area (Å²) in [7, 11) is 0. The SMILES string of the molecule is CCC(C)(C)C(=O)OCN1C(=O)C=CC1=O. The van der Waals surface area contributed by atoms with E-state index in [2.05, 4.69) is 0 Å². The molecule has 0 saturated heterocycles. The molecule has 1 aliphatic rings. The molecule has 1 heterocycles. The molecule has 88 valence electrons. The van der Waals surface area contributed by atoms with Gasteiger partial charge < -0.3 is 4.74 Å². The van der Waals surface area contributed by atoms with Crippen molar-refractivity contribution >= 4 is 17.8 Å². The van der Waals surface area contributed by atoms with Crippen LogP contribution in [0.5, 0.6) is 0 Å². The minimum absolute atomic E-state index is 0.313. The van der Waals surface area contributed by atoms with E-state index >= 15 is 0 Å². The van der Waals surface area contributed by atoms with Gasteiger partial charge in [-0.1, -0.05) is 6.92 Å². The molecule has 2 amide bonds. The van der Waals surface area contributed by atoms with Gasteiger partial charge in [0, 0.05) is 12.2 Å². The van der Waals surface area contributed by atoms with Gasteiger partial charge in [0.25, 0.3) is 11.8 Å². The fourth-order valence-corrected chi connectivity index (χ4v) is 1.02. The highest BCUT2D eigenvalue weighted by Crippen LogP contribution is 2.21. The lowest BCUT2D eigenvalue weighted by atomic mass is 9.91. The van der Waals surface area contributed by atoms with E-state index in [4.69, 9.17) is 4.74 Å². The summed E-state index contributed by atoms with van der Waals surface area (Å²) in [6.07, 6.45) is 2.94. The topological polar surface area (TPSA) is 63.7 Å². The quantitative estimate of drug-likeness (QED) is 0.525. The van der Waals surface area contributed by atoms with Crippen LogP contribution in [0.1, 0.15) is 27.2 Å². The molecule has 0 aromatic heterocycles. The van der Waals surface area contributed by atoms with Crippen LogP contribution >= 0.6 is 0 Å². The van der Waals surface area contributed by atoms with E-state index in [0.29, 0.717) is 6.42 Å². The summed E-state index contributed by atoms with van der Waals surface area (Å²) in [6, 6.07) is 0. The average Bonchev–Trinajstić information content (AvgIpc) is 2.55. The highest BCUT2D eigenvalue weighted by molar-refractivity contribution is 6.12. The van der Waals surface area contributed by atoms with Crippen molar-refractivity contribution < 1.29 is 19.1 Å². The van der Waals surface area contributed by atoms with Crippen LogP contribution in [0, 0.1) is 5.41 Å². The molecule has 0 atom stereocenters. The summed E-state index contributed by atoms with van der Waals surface area (Å²) < 4.78 is 4.93. The van der Waals surface area contributed by atoms with Crippen molar-refractivity contribution in [2.75, 3.05) is 6.73 Å². The zero-order chi connectivity index (χ0) is 12.3. The molecular weight excluding hydrogens is 210 g/mol. The number of ether oxygens (including phenoxy) is 1. The van der Waals surface area contributed by atoms with E-state index in [1.54, 1.807) is 13.8 Å². The van der Waals surface area contributed by atoms with Crippen LogP contribution in [-0.2, 0) is 19.1 Å². The maximum absolute atomic E-state index is 11.6. The first-order chi connectivity index (χ1) is 7.38. The lowest BCUT2D eigenvalue weighted by Crippen LogP contribution is -2.36. The van der Waals surface area contributed by atoms with Crippen molar-refractivity contribution in [1.29, 1.82) is 0 Å². The van der Waals surface area contributed by atoms with E-state index in [0.717, 1.165) is 17.1 Å². The van der Waals surface area contributed by atoms with Crippen molar-refractivity contribution in [3.05, 3.63) is 12.2 Å². The van der Waals surface area contributed by atoms with Gasteiger partial charge >= 0.3 is 5.97 Å². The van der Waals surface area contributed by atoms with Gasteiger partial charge in [-0.15, -0.1) is 0 Å². The molecule has 0 aromatic carbocycles. The predicted octanol–water partition coefficient (Wildman–Crippen LogP) is 0.848. The molecular formula is C11H15NO4. The summed E-state index contributed by atoms with van der Waals surface area (Å²) in [5.74, 6) is -1.32. The Bertz CT molecular complexity index is 339. The monoisotopic (exact) mass is 225 g/mol. The molecule has 1 rings (SSSR count). The number of carbonyl (C=O) groups excluding carboxylic acids is 3. The van der Waals surface area contributed by atoms with Gasteiger partial charge in [-0.25, -0.2) is 4.90 Å². The van der Waals surface area contributed by atoms with Crippen LogP contribution in [0.15, 0.2) is 12.2 Å². The molecule has 0 spiro atoms. The zero-order valence-corrected chi connectivity index (χ0v) is 9.65. The largest absolute Gasteiger partial charge is 0.443 e. The zero-order valence-electron chi connectivity index (χ0n) is 9.65. The third kappa shape index (κ3) is 2.48. The Hall–Kier alpha value is -1.65. The van der Waals surface area contributed by atoms with Crippen LogP contribution in [0.2, 0.25) is 0 Å². The second kappa shape index (κ2) is 4.47. The lowest BCUT2D eigenvalue weighted by molar-refractivity contribution is -0.162. The third-order valence-electron chi connectivity index (χ3n) is 2.66. The van der Waals surface area contributed by atoms with E-state index in [1.165, 1.54) is 0 Å². The van der Waals surface area contributed by atoms with Crippen molar-refractivity contribution in [3.63, 3.8) is 0 Å². The maximum atomic E-state index is 11.6. The molecule has 0 unspecified atom stereocenters. The molecule has 0 aliphatic carbocycles. The molecule has 0 radical (unpaired) electrons. The molecule has 5 heteroatoms. The predicted molar refractivity (Wildman–Crippen MR) is 56.0 cm³/mol. The Morgan fingerprint density at radius 1 is 1.31 bits per heavy atom. The smallest absolute Gasteiger partial charge is 0.313 e. The first-order valence-corrected chi connectivity index (χ1v) is 5.09. The minimum atomic E-state index is -0.598. The van der Waals surface area contributed by atoms with Gasteiger partial charge in [0.2, 0.25) is 0 Å². The van der Waals surface area contributed by atoms with Crippen molar-refractivity contribution in [2.24, 2.45) is 5.41 Å². The standard InChI is InChI=1S/C11H15NO4/c1-4-11(2,3)10(15)16-7-12-8(13)5-6-9(12)14/h5-6H,4,7H2,1-3H3. The van der Waals surface area contributed by atoms with E-state index in [-0.39, 0.29) is 6.73 Å². The van der Waals surface area contributed by atoms with E-state index < -0.39 is 23.2 Å². The van der Waals surface area contributed by atoms with Gasteiger partial charge in [-0.3, -0.25) is 14.4 Å². The molecule has 0 saturated carbocycles. The van der Waals surface area contributed by atoms with Crippen molar-refractivity contribution in [3.8, 4) is 0 Å². The molecule has 1 aliphatic heterocycles. The molecule has 5 nitrogen and oxygen atoms in total. The van der Waals surface area contributed by atoms with Crippen LogP contribution in [0.4, 0.5) is 0 Å². The maximum Gasteiger partial charge on any atom is 0.313 e. The van der Waals surface area contributed by atoms with Crippen LogP contribution in [0.25, 0.3) is 0 Å². The first-order valence-electron chi connectivity index (χ1n) is 5.09. The molecule has 16 heavy (non-hydrogen) atoms. The lowest BCUT2D eigenvalue weighted by Gasteiger charge is -2.22. The highest BCUT2D eigenvalue weighted by atomic mass is 16.5. The number of hydrogen-bond donors (Lipinski definition) is 0. The Balaban J connectivity index is 2.50. The average molecular weight is 225 g/mol. The van der Waals surface area contributed by atoms with E-state index in [1.807, 2.05) is 6.92 Å². The number of esters is 1. The Labute approximate surface area is 94.1 Å². The van der Waals surface area contributed by atoms with Gasteiger partial charge in [-0.2, -0.15) is 0 Å². The van der Waals surface area contributed by atoms with E-state index in [9.17, 15) is 14.4 Å². The highest BCUT2D eigenvalue weighted by Gasteiger charge is 2.30. The number of nitrogens with zero attached hydrogens (tertiary/aromatic N) is 1. The Morgan fingerprint density at radius 2 is 1.81 bits per heavy atom. The summed E-state index contributed by atoms with van der Waals surface area (Å²) in [4.78, 5) is 34.7. The third-order valence-corrected chi connectivity index (χ3v) is 2.66. The fraction of sp³-hybridized carbons (Fsp3) is 0.545. The van der Waals surface area contributed by atoms with Crippen molar-refractivity contribution in [1.82, 2.24) is 4.90 Å². The minimum Gasteiger partial charge on any atom is -0.443 e. The molecule has 0 fully saturated rings. The van der Waals surface area contributed by atoms with Crippen LogP contribution in [0.3, 0.4) is 0 Å². The summed E-state index contributed by atoms with van der Waals surface area (Å²) in [6.45, 7) is 5.06. The number of amides is 2. The first kappa shape index (κ1) is 12.4. The van der Waals surface area contributed by atoms with Crippen LogP contribution < -0.4 is 0 Å².